The number of hydrogen-bond acceptors (Lipinski definition) is 12. The second kappa shape index (κ2) is 21.5. The predicted molar refractivity (Wildman–Crippen MR) is 256 cm³/mol. The minimum atomic E-state index is -4.27. The second-order valence-corrected chi connectivity index (χ2v) is 22.8. The number of hydrogen-bond donors (Lipinski definition) is 4. The van der Waals surface area contributed by atoms with Gasteiger partial charge < -0.3 is 29.2 Å². The number of carbonyl (C=O) groups excluding carboxylic acids is 2. The zero-order valence-corrected chi connectivity index (χ0v) is 42.2. The molecule has 4 aromatic carbocycles. The Hall–Kier alpha value is -6.10. The molecule has 2 aliphatic heterocycles. The first kappa shape index (κ1) is 54.8. The van der Waals surface area contributed by atoms with Gasteiger partial charge in [0.2, 0.25) is 0 Å². The van der Waals surface area contributed by atoms with Crippen LogP contribution in [0.25, 0.3) is 0 Å². The van der Waals surface area contributed by atoms with Crippen LogP contribution in [-0.4, -0.2) is 87.7 Å². The number of ether oxygens (including phenoxy) is 4. The number of halogens is 4. The lowest BCUT2D eigenvalue weighted by Gasteiger charge is -2.36. The van der Waals surface area contributed by atoms with E-state index in [9.17, 15) is 55.0 Å². The van der Waals surface area contributed by atoms with Crippen molar-refractivity contribution in [2.75, 3.05) is 32.3 Å². The molecule has 6 rings (SSSR count). The fourth-order valence-electron chi connectivity index (χ4n) is 6.84. The zero-order valence-electron chi connectivity index (χ0n) is 39.1. The number of amides is 2. The molecular formula is C46H52Cl2F2N4O14S2. The van der Waals surface area contributed by atoms with Crippen LogP contribution in [0.15, 0.2) is 82.6 Å². The van der Waals surface area contributed by atoms with Gasteiger partial charge in [-0.25, -0.2) is 35.2 Å². The normalized spacial score (nSPS) is 16.6. The number of benzene rings is 4. The van der Waals surface area contributed by atoms with Crippen molar-refractivity contribution in [3.05, 3.63) is 94.5 Å². The summed E-state index contributed by atoms with van der Waals surface area (Å²) in [7, 11) is -8.53. The molecule has 0 radical (unpaired) electrons. The summed E-state index contributed by atoms with van der Waals surface area (Å²) in [6.45, 7) is 12.8. The average Bonchev–Trinajstić information content (AvgIpc) is 3.23. The SMILES string of the molecule is C[C@@H](C[C@H]1CN(S(=O)(=O)c2ccc(F)c(Cl)c2)c2cc(NC(=O)OC(C)(C)C)ccc2O1)C(=O)O.C[C@H](C[C@H]1CN(S(=O)(=O)c2ccc(F)c(Cl)c2)c2cc(NC(=O)OC(C)(C)C)ccc2O1)C(=O)O. The van der Waals surface area contributed by atoms with Gasteiger partial charge in [-0.15, -0.1) is 0 Å². The van der Waals surface area contributed by atoms with Crippen molar-refractivity contribution < 1.29 is 74.0 Å². The minimum Gasteiger partial charge on any atom is -0.486 e. The molecule has 0 saturated carbocycles. The third kappa shape index (κ3) is 14.0. The van der Waals surface area contributed by atoms with E-state index in [1.807, 2.05) is 0 Å². The molecule has 4 aromatic rings. The van der Waals surface area contributed by atoms with Crippen molar-refractivity contribution in [1.29, 1.82) is 0 Å². The second-order valence-electron chi connectivity index (χ2n) is 18.3. The summed E-state index contributed by atoms with van der Waals surface area (Å²) in [5, 5.41) is 22.9. The first-order valence-electron chi connectivity index (χ1n) is 21.4. The summed E-state index contributed by atoms with van der Waals surface area (Å²) in [5.41, 5.74) is -0.775. The number of rotatable bonds is 12. The standard InChI is InChI=1S/2C23H26ClFN2O7S/c2*1-13(21(28)29)9-15-12-27(35(31,32)16-6-7-18(25)17(24)11-16)19-10-14(5-8-20(19)33-15)26-22(30)34-23(2,3)4/h2*5-8,10-11,13,15H,9,12H2,1-4H3,(H,26,30)(H,28,29)/t13-,15+;13-,15-/m10/s1. The zero-order chi connectivity index (χ0) is 52.3. The third-order valence-corrected chi connectivity index (χ3v) is 14.2. The molecular weight excluding hydrogens is 1010 g/mol. The van der Waals surface area contributed by atoms with Crippen LogP contribution in [0.4, 0.5) is 41.1 Å². The lowest BCUT2D eigenvalue weighted by atomic mass is 10.0. The molecule has 0 spiro atoms. The summed E-state index contributed by atoms with van der Waals surface area (Å²) < 4.78 is 106. The Balaban J connectivity index is 0.000000261. The van der Waals surface area contributed by atoms with Gasteiger partial charge in [0.15, 0.2) is 0 Å². The quantitative estimate of drug-likeness (QED) is 0.103. The third-order valence-electron chi connectivity index (χ3n) is 10.1. The van der Waals surface area contributed by atoms with E-state index in [0.29, 0.717) is 0 Å². The van der Waals surface area contributed by atoms with Gasteiger partial charge >= 0.3 is 24.1 Å². The molecule has 2 amide bonds. The number of sulfonamides is 2. The van der Waals surface area contributed by atoms with E-state index in [1.165, 1.54) is 50.2 Å². The first-order chi connectivity index (χ1) is 32.3. The number of carboxylic acid groups (broad SMARTS) is 2. The van der Waals surface area contributed by atoms with Gasteiger partial charge in [-0.05, 0) is 127 Å². The number of nitrogens with one attached hydrogen (secondary N) is 2. The summed E-state index contributed by atoms with van der Waals surface area (Å²) in [4.78, 5) is 46.6. The van der Waals surface area contributed by atoms with Crippen molar-refractivity contribution in [2.24, 2.45) is 11.8 Å². The van der Waals surface area contributed by atoms with Crippen molar-refractivity contribution in [3.8, 4) is 11.5 Å². The highest BCUT2D eigenvalue weighted by Gasteiger charge is 2.38. The predicted octanol–water partition coefficient (Wildman–Crippen LogP) is 9.79. The number of fused-ring (bicyclic) bond motifs is 2. The molecule has 24 heteroatoms. The molecule has 0 aliphatic carbocycles. The molecule has 0 aromatic heterocycles. The average molecular weight is 1060 g/mol. The first-order valence-corrected chi connectivity index (χ1v) is 25.0. The van der Waals surface area contributed by atoms with Crippen LogP contribution in [0.3, 0.4) is 0 Å². The van der Waals surface area contributed by atoms with E-state index in [1.54, 1.807) is 41.5 Å². The molecule has 380 valence electrons. The molecule has 2 aliphatic rings. The molecule has 0 bridgehead atoms. The Morgan fingerprint density at radius 2 is 0.986 bits per heavy atom. The molecule has 0 fully saturated rings. The molecule has 4 N–H and O–H groups in total. The Morgan fingerprint density at radius 1 is 0.643 bits per heavy atom. The Bertz CT molecular complexity index is 2690. The summed E-state index contributed by atoms with van der Waals surface area (Å²) in [6, 6.07) is 14.8. The molecule has 70 heavy (non-hydrogen) atoms. The Labute approximate surface area is 413 Å². The van der Waals surface area contributed by atoms with E-state index in [2.05, 4.69) is 10.6 Å². The fourth-order valence-corrected chi connectivity index (χ4v) is 10.4. The van der Waals surface area contributed by atoms with Gasteiger partial charge in [-0.1, -0.05) is 37.0 Å². The van der Waals surface area contributed by atoms with E-state index in [4.69, 9.17) is 42.1 Å². The smallest absolute Gasteiger partial charge is 0.412 e. The van der Waals surface area contributed by atoms with E-state index >= 15 is 0 Å². The molecule has 18 nitrogen and oxygen atoms in total. The minimum absolute atomic E-state index is 0.0445. The monoisotopic (exact) mass is 1060 g/mol. The van der Waals surface area contributed by atoms with Crippen molar-refractivity contribution in [2.45, 2.75) is 101 Å². The summed E-state index contributed by atoms with van der Waals surface area (Å²) >= 11 is 11.6. The van der Waals surface area contributed by atoms with Crippen LogP contribution in [0.2, 0.25) is 10.0 Å². The van der Waals surface area contributed by atoms with Gasteiger partial charge in [0.25, 0.3) is 20.0 Å². The number of carbonyl (C=O) groups is 4. The molecule has 0 unspecified atom stereocenters. The van der Waals surface area contributed by atoms with Crippen molar-refractivity contribution in [1.82, 2.24) is 0 Å². The number of nitrogens with zero attached hydrogens (tertiary/aromatic N) is 2. The van der Waals surface area contributed by atoms with E-state index in [0.717, 1.165) is 45.0 Å². The van der Waals surface area contributed by atoms with E-state index in [-0.39, 0.29) is 80.0 Å². The van der Waals surface area contributed by atoms with Crippen molar-refractivity contribution >= 4 is 90.1 Å². The van der Waals surface area contributed by atoms with Crippen LogP contribution < -0.4 is 28.7 Å². The highest BCUT2D eigenvalue weighted by Crippen LogP contribution is 2.42. The summed E-state index contributed by atoms with van der Waals surface area (Å²) in [5.74, 6) is -4.88. The maximum absolute atomic E-state index is 13.7. The summed E-state index contributed by atoms with van der Waals surface area (Å²) in [6.07, 6.45) is -2.93. The largest absolute Gasteiger partial charge is 0.486 e. The number of aliphatic carboxylic acids is 2. The number of anilines is 4. The van der Waals surface area contributed by atoms with Crippen LogP contribution in [0.1, 0.15) is 68.2 Å². The Morgan fingerprint density at radius 3 is 1.29 bits per heavy atom. The van der Waals surface area contributed by atoms with Gasteiger partial charge in [0.1, 0.15) is 46.5 Å². The Kier molecular flexibility index (Phi) is 16.8. The van der Waals surface area contributed by atoms with Crippen LogP contribution in [0, 0.1) is 23.5 Å². The van der Waals surface area contributed by atoms with Crippen LogP contribution >= 0.6 is 23.2 Å². The van der Waals surface area contributed by atoms with Gasteiger partial charge in [0.05, 0.1) is 56.1 Å². The molecule has 2 heterocycles. The van der Waals surface area contributed by atoms with Gasteiger partial charge in [-0.3, -0.25) is 28.8 Å². The highest BCUT2D eigenvalue weighted by molar-refractivity contribution is 7.93. The van der Waals surface area contributed by atoms with Crippen LogP contribution in [-0.2, 0) is 39.1 Å². The van der Waals surface area contributed by atoms with Crippen molar-refractivity contribution in [3.63, 3.8) is 0 Å². The van der Waals surface area contributed by atoms with E-state index < -0.39 is 91.1 Å². The number of carboxylic acids is 2. The maximum Gasteiger partial charge on any atom is 0.412 e. The lowest BCUT2D eigenvalue weighted by Crippen LogP contribution is -2.44. The molecule has 4 atom stereocenters. The van der Waals surface area contributed by atoms with Gasteiger partial charge in [-0.2, -0.15) is 0 Å². The highest BCUT2D eigenvalue weighted by atomic mass is 35.5. The fraction of sp³-hybridized carbons (Fsp3) is 0.391. The van der Waals surface area contributed by atoms with Crippen LogP contribution in [0.5, 0.6) is 11.5 Å². The lowest BCUT2D eigenvalue weighted by molar-refractivity contribution is -0.142. The molecule has 0 saturated heterocycles. The maximum atomic E-state index is 13.7. The van der Waals surface area contributed by atoms with Gasteiger partial charge in [0, 0.05) is 11.4 Å². The topological polar surface area (TPSA) is 244 Å².